The van der Waals surface area contributed by atoms with Crippen molar-refractivity contribution in [2.75, 3.05) is 0 Å². The van der Waals surface area contributed by atoms with Crippen molar-refractivity contribution in [1.82, 2.24) is 0 Å². The van der Waals surface area contributed by atoms with E-state index < -0.39 is 0 Å². The fourth-order valence-corrected chi connectivity index (χ4v) is 0. The first-order chi connectivity index (χ1) is 2.27. The Bertz CT molecular complexity index is 45.5. The zero-order valence-corrected chi connectivity index (χ0v) is 6.08. The molecule has 0 fully saturated rings. The predicted molar refractivity (Wildman–Crippen MR) is 36.5 cm³/mol. The Labute approximate surface area is 85.2 Å². The van der Waals surface area contributed by atoms with Gasteiger partial charge >= 0.3 is 51.4 Å². The summed E-state index contributed by atoms with van der Waals surface area (Å²) in [6, 6.07) is 0. The van der Waals surface area contributed by atoms with E-state index in [1.807, 2.05) is 0 Å². The van der Waals surface area contributed by atoms with E-state index in [0.29, 0.717) is 0 Å². The molecule has 0 atom stereocenters. The summed E-state index contributed by atoms with van der Waals surface area (Å²) in [4.78, 5) is 0. The first-order valence-electron chi connectivity index (χ1n) is 1.87. The summed E-state index contributed by atoms with van der Waals surface area (Å²) in [7, 11) is 1.23. The van der Waals surface area contributed by atoms with Crippen LogP contribution in [0.4, 0.5) is 0 Å². The Morgan fingerprint density at radius 2 is 1.83 bits per heavy atom. The van der Waals surface area contributed by atoms with Crippen LogP contribution in [0.5, 0.6) is 0 Å². The average Bonchev–Trinajstić information content (AvgIpc) is 1.38. The van der Waals surface area contributed by atoms with E-state index in [2.05, 4.69) is 19.9 Å². The molecule has 0 heterocycles. The summed E-state index contributed by atoms with van der Waals surface area (Å²) in [6.45, 7) is 4.22. The number of rotatable bonds is 0. The second-order valence-electron chi connectivity index (χ2n) is 1.37. The molecule has 0 saturated heterocycles. The molecule has 0 aromatic carbocycles. The Kier molecular flexibility index (Phi) is 11.6. The van der Waals surface area contributed by atoms with E-state index >= 15 is 0 Å². The number of hydrogen-bond donors (Lipinski definition) is 0. The molecule has 0 saturated carbocycles. The number of allylic oxidation sites excluding steroid dienone is 2. The fraction of sp³-hybridized carbons (Fsp3) is 0.500. The van der Waals surface area contributed by atoms with Gasteiger partial charge in [-0.2, -0.15) is 0 Å². The van der Waals surface area contributed by atoms with Gasteiger partial charge in [-0.15, -0.1) is 0 Å². The standard InChI is InChI=1S/C4H10Si.K.H/c1-3-4(2)5;;/h3H,1-2,5H3;;. The third kappa shape index (κ3) is 9.14. The van der Waals surface area contributed by atoms with E-state index in [0.717, 1.165) is 0 Å². The van der Waals surface area contributed by atoms with Crippen LogP contribution < -0.4 is 0 Å². The summed E-state index contributed by atoms with van der Waals surface area (Å²) in [5.74, 6) is 0. The van der Waals surface area contributed by atoms with Gasteiger partial charge < -0.3 is 0 Å². The van der Waals surface area contributed by atoms with E-state index in [1.165, 1.54) is 15.4 Å². The second kappa shape index (κ2) is 6.59. The van der Waals surface area contributed by atoms with Crippen LogP contribution in [0.1, 0.15) is 13.8 Å². The van der Waals surface area contributed by atoms with E-state index in [9.17, 15) is 0 Å². The van der Waals surface area contributed by atoms with Gasteiger partial charge in [-0.25, -0.2) is 0 Å². The van der Waals surface area contributed by atoms with Crippen LogP contribution in [0.15, 0.2) is 11.3 Å². The maximum atomic E-state index is 2.15. The van der Waals surface area contributed by atoms with Crippen molar-refractivity contribution in [2.24, 2.45) is 0 Å². The Balaban J connectivity index is 0. The van der Waals surface area contributed by atoms with Crippen molar-refractivity contribution in [3.8, 4) is 0 Å². The molecule has 0 nitrogen and oxygen atoms in total. The minimum atomic E-state index is 0. The molecule has 0 aliphatic heterocycles. The van der Waals surface area contributed by atoms with E-state index in [4.69, 9.17) is 0 Å². The van der Waals surface area contributed by atoms with Gasteiger partial charge in [-0.05, 0) is 13.8 Å². The molecule has 0 spiro atoms. The fourth-order valence-electron chi connectivity index (χ4n) is 0. The topological polar surface area (TPSA) is 0 Å². The second-order valence-corrected chi connectivity index (χ2v) is 2.94. The molecule has 0 rings (SSSR count). The summed E-state index contributed by atoms with van der Waals surface area (Å²) in [6.07, 6.45) is 2.15. The molecule has 32 valence electrons. The molecule has 0 bridgehead atoms. The minimum absolute atomic E-state index is 0. The predicted octanol–water partition coefficient (Wildman–Crippen LogP) is -0.373. The van der Waals surface area contributed by atoms with Crippen LogP contribution in [0, 0.1) is 0 Å². The van der Waals surface area contributed by atoms with Gasteiger partial charge in [0.05, 0.1) is 0 Å². The van der Waals surface area contributed by atoms with E-state index in [1.54, 1.807) is 0 Å². The van der Waals surface area contributed by atoms with Crippen molar-refractivity contribution in [3.05, 3.63) is 11.3 Å². The summed E-state index contributed by atoms with van der Waals surface area (Å²) >= 11 is 0. The molecule has 0 aliphatic rings. The monoisotopic (exact) mass is 126 g/mol. The quantitative estimate of drug-likeness (QED) is 0.388. The summed E-state index contributed by atoms with van der Waals surface area (Å²) in [5.41, 5.74) is 0. The van der Waals surface area contributed by atoms with Gasteiger partial charge in [0.2, 0.25) is 0 Å². The van der Waals surface area contributed by atoms with Crippen LogP contribution in [-0.4, -0.2) is 61.6 Å². The molecule has 2 heteroatoms. The molecular weight excluding hydrogens is 115 g/mol. The van der Waals surface area contributed by atoms with Crippen molar-refractivity contribution >= 4 is 61.6 Å². The zero-order valence-electron chi connectivity index (χ0n) is 4.08. The van der Waals surface area contributed by atoms with Crippen LogP contribution in [0.2, 0.25) is 0 Å². The molecule has 0 aromatic rings. The van der Waals surface area contributed by atoms with Crippen molar-refractivity contribution in [1.29, 1.82) is 0 Å². The van der Waals surface area contributed by atoms with Gasteiger partial charge in [-0.3, -0.25) is 0 Å². The number of hydrogen-bond acceptors (Lipinski definition) is 0. The first kappa shape index (κ1) is 10.6. The first-order valence-corrected chi connectivity index (χ1v) is 2.87. The Hall–Kier alpha value is 1.59. The summed E-state index contributed by atoms with van der Waals surface area (Å²) < 4.78 is 0. The van der Waals surface area contributed by atoms with Gasteiger partial charge in [0.1, 0.15) is 0 Å². The third-order valence-electron chi connectivity index (χ3n) is 0.577. The SMILES string of the molecule is CC=C(C)[SiH3].[KH]. The van der Waals surface area contributed by atoms with Gasteiger partial charge in [0.25, 0.3) is 0 Å². The molecule has 0 unspecified atom stereocenters. The normalized spacial score (nSPS) is 10.7. The van der Waals surface area contributed by atoms with Crippen LogP contribution in [0.3, 0.4) is 0 Å². The average molecular weight is 126 g/mol. The molecule has 6 heavy (non-hydrogen) atoms. The maximum absolute atomic E-state index is 2.15. The molecule has 0 amide bonds. The van der Waals surface area contributed by atoms with Gasteiger partial charge in [0.15, 0.2) is 0 Å². The van der Waals surface area contributed by atoms with Crippen LogP contribution >= 0.6 is 0 Å². The van der Waals surface area contributed by atoms with Crippen molar-refractivity contribution in [2.45, 2.75) is 13.8 Å². The Morgan fingerprint density at radius 1 is 1.67 bits per heavy atom. The zero-order chi connectivity index (χ0) is 4.28. The molecule has 0 aliphatic carbocycles. The van der Waals surface area contributed by atoms with Crippen molar-refractivity contribution in [3.63, 3.8) is 0 Å². The third-order valence-corrected chi connectivity index (χ3v) is 1.15. The summed E-state index contributed by atoms with van der Waals surface area (Å²) in [5, 5.41) is 1.52. The molecule has 0 radical (unpaired) electrons. The van der Waals surface area contributed by atoms with Gasteiger partial charge in [-0.1, -0.05) is 11.3 Å². The van der Waals surface area contributed by atoms with Crippen molar-refractivity contribution < 1.29 is 0 Å². The van der Waals surface area contributed by atoms with E-state index in [-0.39, 0.29) is 51.4 Å². The van der Waals surface area contributed by atoms with Crippen LogP contribution in [0.25, 0.3) is 0 Å². The molecule has 0 aromatic heterocycles. The molecule has 0 N–H and O–H groups in total. The molecular formula is C4H11KSi. The Morgan fingerprint density at radius 3 is 1.83 bits per heavy atom. The van der Waals surface area contributed by atoms with Gasteiger partial charge in [0, 0.05) is 10.2 Å². The van der Waals surface area contributed by atoms with Crippen LogP contribution in [-0.2, 0) is 0 Å².